The minimum absolute atomic E-state index is 0. The summed E-state index contributed by atoms with van der Waals surface area (Å²) >= 11 is 0. The second kappa shape index (κ2) is 28.0. The Hall–Kier alpha value is -0.570. The van der Waals surface area contributed by atoms with E-state index in [1.54, 1.807) is 0 Å². The highest BCUT2D eigenvalue weighted by atomic mass is 16.4. The molecule has 0 aromatic carbocycles. The summed E-state index contributed by atoms with van der Waals surface area (Å²) in [7, 11) is 0. The lowest BCUT2D eigenvalue weighted by molar-refractivity contribution is -0.325. The molecule has 0 spiro atoms. The SMILES string of the molecule is CCCCCCCCCCCCCCCC(C)C(CCCCCCCCCCCCC)(C(=O)[O-])C(C)C.[NH4+]. The average Bonchev–Trinajstić information content (AvgIpc) is 2.87. The second-order valence-corrected chi connectivity index (χ2v) is 12.7. The van der Waals surface area contributed by atoms with Gasteiger partial charge in [-0.05, 0) is 24.7 Å². The summed E-state index contributed by atoms with van der Waals surface area (Å²) in [6.45, 7) is 11.0. The number of quaternary nitrogens is 1. The van der Waals surface area contributed by atoms with Crippen LogP contribution in [0.1, 0.15) is 202 Å². The maximum absolute atomic E-state index is 12.4. The molecule has 0 saturated heterocycles. The van der Waals surface area contributed by atoms with Crippen LogP contribution in [0.15, 0.2) is 0 Å². The minimum Gasteiger partial charge on any atom is -0.550 e. The van der Waals surface area contributed by atoms with Gasteiger partial charge in [0, 0.05) is 11.4 Å². The Morgan fingerprint density at radius 1 is 0.526 bits per heavy atom. The number of hydrogen-bond donors (Lipinski definition) is 1. The molecule has 2 unspecified atom stereocenters. The van der Waals surface area contributed by atoms with Crippen LogP contribution >= 0.6 is 0 Å². The monoisotopic (exact) mass is 540 g/mol. The maximum atomic E-state index is 12.4. The van der Waals surface area contributed by atoms with Crippen LogP contribution in [0.25, 0.3) is 0 Å². The van der Waals surface area contributed by atoms with Crippen molar-refractivity contribution in [2.75, 3.05) is 0 Å². The molecular weight excluding hydrogens is 466 g/mol. The smallest absolute Gasteiger partial charge is 0.0481 e. The Kier molecular flexibility index (Phi) is 29.1. The Balaban J connectivity index is 0. The molecule has 2 atom stereocenters. The van der Waals surface area contributed by atoms with Crippen molar-refractivity contribution < 1.29 is 9.90 Å². The Morgan fingerprint density at radius 2 is 0.816 bits per heavy atom. The third kappa shape index (κ3) is 19.5. The van der Waals surface area contributed by atoms with E-state index in [1.165, 1.54) is 148 Å². The lowest BCUT2D eigenvalue weighted by atomic mass is 9.64. The van der Waals surface area contributed by atoms with Crippen molar-refractivity contribution in [2.24, 2.45) is 17.3 Å². The molecule has 0 aromatic rings. The summed E-state index contributed by atoms with van der Waals surface area (Å²) in [6.07, 6.45) is 33.9. The Labute approximate surface area is 240 Å². The summed E-state index contributed by atoms with van der Waals surface area (Å²) in [4.78, 5) is 12.4. The summed E-state index contributed by atoms with van der Waals surface area (Å²) in [5, 5.41) is 12.4. The van der Waals surface area contributed by atoms with Crippen molar-refractivity contribution in [2.45, 2.75) is 202 Å². The first-order valence-electron chi connectivity index (χ1n) is 17.1. The molecule has 0 radical (unpaired) electrons. The third-order valence-electron chi connectivity index (χ3n) is 9.22. The molecule has 230 valence electrons. The van der Waals surface area contributed by atoms with E-state index >= 15 is 0 Å². The lowest BCUT2D eigenvalue weighted by Crippen LogP contribution is -2.50. The number of hydrogen-bond acceptors (Lipinski definition) is 2. The highest BCUT2D eigenvalue weighted by molar-refractivity contribution is 5.73. The van der Waals surface area contributed by atoms with Gasteiger partial charge in [-0.2, -0.15) is 0 Å². The summed E-state index contributed by atoms with van der Waals surface area (Å²) < 4.78 is 0. The Bertz CT molecular complexity index is 492. The third-order valence-corrected chi connectivity index (χ3v) is 9.22. The molecule has 0 heterocycles. The van der Waals surface area contributed by atoms with Crippen molar-refractivity contribution in [3.05, 3.63) is 0 Å². The zero-order chi connectivity index (χ0) is 27.6. The molecule has 4 N–H and O–H groups in total. The first-order valence-corrected chi connectivity index (χ1v) is 17.1. The fraction of sp³-hybridized carbons (Fsp3) is 0.971. The van der Waals surface area contributed by atoms with Crippen LogP contribution < -0.4 is 11.3 Å². The summed E-state index contributed by atoms with van der Waals surface area (Å²) in [6, 6.07) is 0. The molecule has 3 heteroatoms. The topological polar surface area (TPSA) is 76.6 Å². The fourth-order valence-electron chi connectivity index (χ4n) is 6.45. The van der Waals surface area contributed by atoms with Crippen LogP contribution in [0.3, 0.4) is 0 Å². The number of rotatable bonds is 29. The molecule has 0 saturated carbocycles. The molecule has 0 aliphatic carbocycles. The molecule has 0 amide bonds. The van der Waals surface area contributed by atoms with Gasteiger partial charge in [-0.3, -0.25) is 0 Å². The van der Waals surface area contributed by atoms with Gasteiger partial charge in [-0.25, -0.2) is 0 Å². The molecule has 0 fully saturated rings. The van der Waals surface area contributed by atoms with Gasteiger partial charge in [0.15, 0.2) is 0 Å². The largest absolute Gasteiger partial charge is 0.550 e. The van der Waals surface area contributed by atoms with Crippen molar-refractivity contribution in [3.63, 3.8) is 0 Å². The number of unbranched alkanes of at least 4 members (excludes halogenated alkanes) is 22. The van der Waals surface area contributed by atoms with Crippen molar-refractivity contribution in [1.82, 2.24) is 6.15 Å². The van der Waals surface area contributed by atoms with E-state index in [0.29, 0.717) is 0 Å². The standard InChI is InChI=1S/C35H70O2.H3N/c1-6-8-10-12-14-16-18-19-20-22-24-26-28-30-33(5)35(32(3)4,34(36)37)31-29-27-25-23-21-17-15-13-11-9-7-2;/h32-33H,6-31H2,1-5H3,(H,36,37);1H3. The molecule has 0 aromatic heterocycles. The van der Waals surface area contributed by atoms with Gasteiger partial charge in [0.2, 0.25) is 0 Å². The van der Waals surface area contributed by atoms with Crippen LogP contribution in [-0.4, -0.2) is 5.97 Å². The van der Waals surface area contributed by atoms with Crippen LogP contribution in [0, 0.1) is 17.3 Å². The number of carbonyl (C=O) groups excluding carboxylic acids is 1. The minimum atomic E-state index is -0.795. The number of aliphatic carboxylic acids is 1. The predicted molar refractivity (Wildman–Crippen MR) is 169 cm³/mol. The molecule has 38 heavy (non-hydrogen) atoms. The molecule has 0 rings (SSSR count). The summed E-state index contributed by atoms with van der Waals surface area (Å²) in [5.41, 5.74) is -0.656. The molecule has 3 nitrogen and oxygen atoms in total. The first-order chi connectivity index (χ1) is 17.9. The first kappa shape index (κ1) is 39.6. The number of carboxylic acid groups (broad SMARTS) is 1. The van der Waals surface area contributed by atoms with Gasteiger partial charge < -0.3 is 16.1 Å². The van der Waals surface area contributed by atoms with E-state index in [0.717, 1.165) is 19.3 Å². The Morgan fingerprint density at radius 3 is 1.11 bits per heavy atom. The van der Waals surface area contributed by atoms with E-state index in [2.05, 4.69) is 34.6 Å². The highest BCUT2D eigenvalue weighted by Crippen LogP contribution is 2.43. The van der Waals surface area contributed by atoms with Gasteiger partial charge in [0.05, 0.1) is 0 Å². The van der Waals surface area contributed by atoms with Crippen molar-refractivity contribution in [1.29, 1.82) is 0 Å². The van der Waals surface area contributed by atoms with Gasteiger partial charge >= 0.3 is 0 Å². The zero-order valence-corrected chi connectivity index (χ0v) is 27.4. The van der Waals surface area contributed by atoms with Crippen molar-refractivity contribution >= 4 is 5.97 Å². The normalized spacial score (nSPS) is 13.8. The highest BCUT2D eigenvalue weighted by Gasteiger charge is 2.39. The van der Waals surface area contributed by atoms with E-state index in [4.69, 9.17) is 0 Å². The van der Waals surface area contributed by atoms with Crippen LogP contribution in [-0.2, 0) is 4.79 Å². The van der Waals surface area contributed by atoms with Gasteiger partial charge in [0.1, 0.15) is 0 Å². The second-order valence-electron chi connectivity index (χ2n) is 12.7. The van der Waals surface area contributed by atoms with Crippen LogP contribution in [0.5, 0.6) is 0 Å². The number of carbonyl (C=O) groups is 1. The van der Waals surface area contributed by atoms with Gasteiger partial charge in [0.25, 0.3) is 0 Å². The summed E-state index contributed by atoms with van der Waals surface area (Å²) in [5.74, 6) is -0.456. The molecular formula is C35H73NO2. The van der Waals surface area contributed by atoms with E-state index in [9.17, 15) is 9.90 Å². The predicted octanol–water partition coefficient (Wildman–Crippen LogP) is 11.6. The zero-order valence-electron chi connectivity index (χ0n) is 27.4. The van der Waals surface area contributed by atoms with Gasteiger partial charge in [-0.1, -0.05) is 189 Å². The molecule has 0 aliphatic rings. The maximum Gasteiger partial charge on any atom is 0.0481 e. The lowest BCUT2D eigenvalue weighted by Gasteiger charge is -2.44. The molecule has 0 bridgehead atoms. The van der Waals surface area contributed by atoms with E-state index in [1.807, 2.05) is 0 Å². The quantitative estimate of drug-likeness (QED) is 0.0959. The van der Waals surface area contributed by atoms with Crippen LogP contribution in [0.2, 0.25) is 0 Å². The van der Waals surface area contributed by atoms with Crippen LogP contribution in [0.4, 0.5) is 0 Å². The molecule has 0 aliphatic heterocycles. The van der Waals surface area contributed by atoms with E-state index in [-0.39, 0.29) is 18.0 Å². The van der Waals surface area contributed by atoms with E-state index < -0.39 is 11.4 Å². The average molecular weight is 540 g/mol. The fourth-order valence-corrected chi connectivity index (χ4v) is 6.45. The van der Waals surface area contributed by atoms with Crippen molar-refractivity contribution in [3.8, 4) is 0 Å². The number of carboxylic acids is 1. The van der Waals surface area contributed by atoms with Gasteiger partial charge in [-0.15, -0.1) is 0 Å².